The van der Waals surface area contributed by atoms with E-state index in [1.807, 2.05) is 35.2 Å². The van der Waals surface area contributed by atoms with Gasteiger partial charge in [0.1, 0.15) is 0 Å². The van der Waals surface area contributed by atoms with Crippen molar-refractivity contribution in [1.29, 1.82) is 0 Å². The molecule has 1 atom stereocenters. The van der Waals surface area contributed by atoms with E-state index in [-0.39, 0.29) is 11.9 Å². The second-order valence-corrected chi connectivity index (χ2v) is 5.60. The van der Waals surface area contributed by atoms with Gasteiger partial charge in [-0.05, 0) is 38.8 Å². The maximum absolute atomic E-state index is 12.4. The molecule has 1 saturated heterocycles. The van der Waals surface area contributed by atoms with Crippen molar-refractivity contribution in [2.24, 2.45) is 0 Å². The van der Waals surface area contributed by atoms with Crippen molar-refractivity contribution in [1.82, 2.24) is 10.2 Å². The van der Waals surface area contributed by atoms with Crippen LogP contribution in [0, 0.1) is 0 Å². The summed E-state index contributed by atoms with van der Waals surface area (Å²) in [6, 6.07) is 10.7. The average Bonchev–Trinajstić information content (AvgIpc) is 2.89. The van der Waals surface area contributed by atoms with E-state index in [9.17, 15) is 4.79 Å². The molecule has 1 fully saturated rings. The summed E-state index contributed by atoms with van der Waals surface area (Å²) in [4.78, 5) is 14.4. The van der Waals surface area contributed by atoms with Crippen LogP contribution in [0.4, 0.5) is 0 Å². The lowest BCUT2D eigenvalue weighted by atomic mass is 10.1. The van der Waals surface area contributed by atoms with Crippen LogP contribution >= 0.6 is 0 Å². The molecule has 0 radical (unpaired) electrons. The van der Waals surface area contributed by atoms with E-state index in [0.29, 0.717) is 12.5 Å². The summed E-state index contributed by atoms with van der Waals surface area (Å²) in [5, 5.41) is 3.47. The number of carbonyl (C=O) groups is 1. The van der Waals surface area contributed by atoms with Gasteiger partial charge >= 0.3 is 0 Å². The van der Waals surface area contributed by atoms with Crippen LogP contribution < -0.4 is 5.32 Å². The third-order valence-corrected chi connectivity index (χ3v) is 3.72. The fraction of sp³-hybridized carbons (Fsp3) is 0.562. The maximum atomic E-state index is 12.4. The van der Waals surface area contributed by atoms with E-state index in [1.54, 1.807) is 0 Å². The molecule has 0 aromatic heterocycles. The number of rotatable bonds is 5. The normalized spacial score (nSPS) is 18.8. The Kier molecular flexibility index (Phi) is 4.97. The average molecular weight is 260 g/mol. The highest BCUT2D eigenvalue weighted by Crippen LogP contribution is 2.11. The highest BCUT2D eigenvalue weighted by atomic mass is 16.2. The number of nitrogens with zero attached hydrogens (tertiary/aromatic N) is 1. The summed E-state index contributed by atoms with van der Waals surface area (Å²) in [6.07, 6.45) is 2.91. The van der Waals surface area contributed by atoms with Crippen LogP contribution in [-0.2, 0) is 11.2 Å². The number of hydrogen-bond donors (Lipinski definition) is 1. The third kappa shape index (κ3) is 4.06. The van der Waals surface area contributed by atoms with E-state index in [1.165, 1.54) is 12.8 Å². The summed E-state index contributed by atoms with van der Waals surface area (Å²) in [7, 11) is 0. The first-order valence-electron chi connectivity index (χ1n) is 7.23. The summed E-state index contributed by atoms with van der Waals surface area (Å²) in [6.45, 7) is 6.11. The molecular formula is C16H24N2O. The molecule has 3 nitrogen and oxygen atoms in total. The molecule has 1 aromatic rings. The highest BCUT2D eigenvalue weighted by Gasteiger charge is 2.23. The van der Waals surface area contributed by atoms with Crippen LogP contribution in [0.1, 0.15) is 32.3 Å². The zero-order chi connectivity index (χ0) is 13.7. The summed E-state index contributed by atoms with van der Waals surface area (Å²) < 4.78 is 0. The lowest BCUT2D eigenvalue weighted by Crippen LogP contribution is -2.45. The number of carbonyl (C=O) groups excluding carboxylic acids is 1. The van der Waals surface area contributed by atoms with Gasteiger partial charge in [-0.3, -0.25) is 4.79 Å². The van der Waals surface area contributed by atoms with Gasteiger partial charge in [-0.15, -0.1) is 0 Å². The summed E-state index contributed by atoms with van der Waals surface area (Å²) in [5.41, 5.74) is 1.09. The minimum Gasteiger partial charge on any atom is -0.338 e. The standard InChI is InChI=1S/C16H24N2O/c1-13(2)18(12-15-9-6-10-17-15)16(19)11-14-7-4-3-5-8-14/h3-5,7-8,13,15,17H,6,9-12H2,1-2H3. The van der Waals surface area contributed by atoms with Gasteiger partial charge in [0.2, 0.25) is 5.91 Å². The molecule has 1 aliphatic heterocycles. The molecule has 3 heteroatoms. The van der Waals surface area contributed by atoms with Crippen molar-refractivity contribution in [3.63, 3.8) is 0 Å². The Labute approximate surface area is 116 Å². The van der Waals surface area contributed by atoms with Crippen LogP contribution in [0.15, 0.2) is 30.3 Å². The zero-order valence-corrected chi connectivity index (χ0v) is 11.9. The van der Waals surface area contributed by atoms with Crippen molar-refractivity contribution in [2.75, 3.05) is 13.1 Å². The smallest absolute Gasteiger partial charge is 0.227 e. The van der Waals surface area contributed by atoms with Crippen LogP contribution in [-0.4, -0.2) is 36.0 Å². The van der Waals surface area contributed by atoms with Crippen molar-refractivity contribution in [3.05, 3.63) is 35.9 Å². The molecule has 1 amide bonds. The predicted octanol–water partition coefficient (Wildman–Crippen LogP) is 2.22. The van der Waals surface area contributed by atoms with Crippen molar-refractivity contribution in [2.45, 2.75) is 45.2 Å². The van der Waals surface area contributed by atoms with E-state index >= 15 is 0 Å². The number of benzene rings is 1. The van der Waals surface area contributed by atoms with Gasteiger partial charge in [0.15, 0.2) is 0 Å². The van der Waals surface area contributed by atoms with Gasteiger partial charge < -0.3 is 10.2 Å². The van der Waals surface area contributed by atoms with E-state index < -0.39 is 0 Å². The van der Waals surface area contributed by atoms with Gasteiger partial charge in [0.25, 0.3) is 0 Å². The molecule has 0 saturated carbocycles. The van der Waals surface area contributed by atoms with Gasteiger partial charge in [0.05, 0.1) is 6.42 Å². The molecule has 104 valence electrons. The summed E-state index contributed by atoms with van der Waals surface area (Å²) in [5.74, 6) is 0.231. The SMILES string of the molecule is CC(C)N(CC1CCCN1)C(=O)Cc1ccccc1. The van der Waals surface area contributed by atoms with Crippen LogP contribution in [0.5, 0.6) is 0 Å². The molecule has 1 aliphatic rings. The Morgan fingerprint density at radius 1 is 1.37 bits per heavy atom. The van der Waals surface area contributed by atoms with E-state index in [4.69, 9.17) is 0 Å². The minimum absolute atomic E-state index is 0.231. The Morgan fingerprint density at radius 2 is 2.11 bits per heavy atom. The molecule has 0 aliphatic carbocycles. The van der Waals surface area contributed by atoms with Crippen LogP contribution in [0.3, 0.4) is 0 Å². The fourth-order valence-corrected chi connectivity index (χ4v) is 2.62. The van der Waals surface area contributed by atoms with E-state index in [2.05, 4.69) is 19.2 Å². The molecule has 0 bridgehead atoms. The molecule has 1 unspecified atom stereocenters. The molecule has 1 heterocycles. The molecule has 1 N–H and O–H groups in total. The Hall–Kier alpha value is -1.35. The Morgan fingerprint density at radius 3 is 2.68 bits per heavy atom. The quantitative estimate of drug-likeness (QED) is 0.880. The first-order valence-corrected chi connectivity index (χ1v) is 7.23. The number of hydrogen-bond acceptors (Lipinski definition) is 2. The second kappa shape index (κ2) is 6.71. The zero-order valence-electron chi connectivity index (χ0n) is 11.9. The van der Waals surface area contributed by atoms with Crippen molar-refractivity contribution < 1.29 is 4.79 Å². The van der Waals surface area contributed by atoms with Gasteiger partial charge in [0, 0.05) is 18.6 Å². The minimum atomic E-state index is 0.231. The highest BCUT2D eigenvalue weighted by molar-refractivity contribution is 5.79. The van der Waals surface area contributed by atoms with Crippen molar-refractivity contribution >= 4 is 5.91 Å². The number of amides is 1. The van der Waals surface area contributed by atoms with Crippen molar-refractivity contribution in [3.8, 4) is 0 Å². The third-order valence-electron chi connectivity index (χ3n) is 3.72. The second-order valence-electron chi connectivity index (χ2n) is 5.60. The summed E-state index contributed by atoms with van der Waals surface area (Å²) >= 11 is 0. The molecule has 1 aromatic carbocycles. The first-order chi connectivity index (χ1) is 9.16. The molecule has 19 heavy (non-hydrogen) atoms. The Balaban J connectivity index is 1.96. The first kappa shape index (κ1) is 14.1. The number of nitrogens with one attached hydrogen (secondary N) is 1. The van der Waals surface area contributed by atoms with Crippen LogP contribution in [0.25, 0.3) is 0 Å². The topological polar surface area (TPSA) is 32.3 Å². The van der Waals surface area contributed by atoms with Gasteiger partial charge in [-0.1, -0.05) is 30.3 Å². The largest absolute Gasteiger partial charge is 0.338 e. The van der Waals surface area contributed by atoms with Gasteiger partial charge in [-0.25, -0.2) is 0 Å². The lowest BCUT2D eigenvalue weighted by Gasteiger charge is -2.29. The van der Waals surface area contributed by atoms with Gasteiger partial charge in [-0.2, -0.15) is 0 Å². The monoisotopic (exact) mass is 260 g/mol. The lowest BCUT2D eigenvalue weighted by molar-refractivity contribution is -0.132. The molecule has 0 spiro atoms. The van der Waals surface area contributed by atoms with Crippen LogP contribution in [0.2, 0.25) is 0 Å². The predicted molar refractivity (Wildman–Crippen MR) is 78.0 cm³/mol. The molecule has 2 rings (SSSR count). The Bertz CT molecular complexity index is 396. The fourth-order valence-electron chi connectivity index (χ4n) is 2.62. The van der Waals surface area contributed by atoms with E-state index in [0.717, 1.165) is 18.7 Å². The molecular weight excluding hydrogens is 236 g/mol. The maximum Gasteiger partial charge on any atom is 0.227 e.